The minimum Gasteiger partial charge on any atom is -0.478 e. The highest BCUT2D eigenvalue weighted by Crippen LogP contribution is 2.23. The Morgan fingerprint density at radius 2 is 1.48 bits per heavy atom. The van der Waals surface area contributed by atoms with Gasteiger partial charge in [0.05, 0.1) is 0 Å². The van der Waals surface area contributed by atoms with E-state index in [-0.39, 0.29) is 29.3 Å². The number of Topliss-reactive ketones (excluding diaryl/α,β-unsaturated/α-hetero) is 1. The van der Waals surface area contributed by atoms with Crippen LogP contribution in [-0.4, -0.2) is 70.8 Å². The Hall–Kier alpha value is -5.16. The van der Waals surface area contributed by atoms with Crippen LogP contribution >= 0.6 is 0 Å². The second-order valence-electron chi connectivity index (χ2n) is 10.1. The summed E-state index contributed by atoms with van der Waals surface area (Å²) in [6.07, 6.45) is 2.58. The Bertz CT molecular complexity index is 1470. The van der Waals surface area contributed by atoms with Crippen LogP contribution in [0.4, 0.5) is 15.8 Å². The van der Waals surface area contributed by atoms with Crippen LogP contribution in [0.15, 0.2) is 91.0 Å². The molecule has 0 saturated carbocycles. The third-order valence-electron chi connectivity index (χ3n) is 6.84. The molecule has 0 radical (unpaired) electrons. The minimum absolute atomic E-state index is 0.0646. The van der Waals surface area contributed by atoms with Crippen LogP contribution in [0.25, 0.3) is 0 Å². The van der Waals surface area contributed by atoms with Crippen LogP contribution in [0, 0.1) is 11.7 Å². The first-order chi connectivity index (χ1) is 21.0. The van der Waals surface area contributed by atoms with Crippen LogP contribution in [0.3, 0.4) is 0 Å². The molecule has 10 nitrogen and oxygen atoms in total. The van der Waals surface area contributed by atoms with Gasteiger partial charge < -0.3 is 25.3 Å². The standard InChI is InChI=1S/C29H30FN3O3.C4H4O4/c1-21(34)31-26-7-5-6-24(20-26)29(36)33(27-8-3-2-4-9-27)19-18-32-16-14-23(15-17-32)28(35)22-10-12-25(30)13-11-22;5-3(6)1-2-4(7)8/h2-13,20,23H,14-19H2,1H3,(H,31,34);1-2H,(H,5,6)(H,7,8). The van der Waals surface area contributed by atoms with Gasteiger partial charge in [-0.2, -0.15) is 0 Å². The van der Waals surface area contributed by atoms with Gasteiger partial charge in [0.1, 0.15) is 5.82 Å². The number of halogens is 1. The van der Waals surface area contributed by atoms with E-state index >= 15 is 0 Å². The second kappa shape index (κ2) is 16.5. The topological polar surface area (TPSA) is 144 Å². The summed E-state index contributed by atoms with van der Waals surface area (Å²) in [5.74, 6) is -3.21. The van der Waals surface area contributed by atoms with Crippen molar-refractivity contribution < 1.29 is 38.6 Å². The molecule has 1 heterocycles. The van der Waals surface area contributed by atoms with Crippen molar-refractivity contribution in [3.8, 4) is 0 Å². The zero-order chi connectivity index (χ0) is 32.1. The van der Waals surface area contributed by atoms with E-state index in [2.05, 4.69) is 10.2 Å². The van der Waals surface area contributed by atoms with Gasteiger partial charge in [0.25, 0.3) is 5.91 Å². The third-order valence-corrected chi connectivity index (χ3v) is 6.84. The number of benzene rings is 3. The van der Waals surface area contributed by atoms with Crippen molar-refractivity contribution in [1.82, 2.24) is 4.90 Å². The van der Waals surface area contributed by atoms with Gasteiger partial charge in [-0.15, -0.1) is 0 Å². The SMILES string of the molecule is CC(=O)Nc1cccc(C(=O)N(CCN2CCC(C(=O)c3ccc(F)cc3)CC2)c2ccccc2)c1.O=C(O)C=CC(=O)O. The highest BCUT2D eigenvalue weighted by atomic mass is 19.1. The number of carboxylic acids is 2. The van der Waals surface area contributed by atoms with Crippen molar-refractivity contribution in [1.29, 1.82) is 0 Å². The minimum atomic E-state index is -1.26. The van der Waals surface area contributed by atoms with E-state index in [4.69, 9.17) is 10.2 Å². The smallest absolute Gasteiger partial charge is 0.328 e. The van der Waals surface area contributed by atoms with E-state index in [0.29, 0.717) is 42.1 Å². The van der Waals surface area contributed by atoms with Gasteiger partial charge >= 0.3 is 11.9 Å². The maximum atomic E-state index is 13.5. The molecule has 1 aliphatic rings. The fraction of sp³-hybridized carbons (Fsp3) is 0.242. The van der Waals surface area contributed by atoms with E-state index < -0.39 is 11.9 Å². The fourth-order valence-electron chi connectivity index (χ4n) is 4.70. The normalized spacial score (nSPS) is 13.4. The Morgan fingerprint density at radius 1 is 0.864 bits per heavy atom. The molecule has 1 saturated heterocycles. The predicted molar refractivity (Wildman–Crippen MR) is 163 cm³/mol. The Morgan fingerprint density at radius 3 is 2.05 bits per heavy atom. The highest BCUT2D eigenvalue weighted by Gasteiger charge is 2.27. The van der Waals surface area contributed by atoms with E-state index in [1.807, 2.05) is 30.3 Å². The molecule has 0 spiro atoms. The summed E-state index contributed by atoms with van der Waals surface area (Å²) in [6.45, 7) is 4.10. The lowest BCUT2D eigenvalue weighted by atomic mass is 9.89. The molecular formula is C33H34FN3O7. The van der Waals surface area contributed by atoms with E-state index in [9.17, 15) is 28.4 Å². The van der Waals surface area contributed by atoms with Crippen molar-refractivity contribution in [2.24, 2.45) is 5.92 Å². The number of likely N-dealkylation sites (tertiary alicyclic amines) is 1. The first-order valence-electron chi connectivity index (χ1n) is 13.9. The Balaban J connectivity index is 0.000000583. The van der Waals surface area contributed by atoms with E-state index in [1.54, 1.807) is 41.3 Å². The third kappa shape index (κ3) is 10.6. The molecule has 44 heavy (non-hydrogen) atoms. The quantitative estimate of drug-likeness (QED) is 0.223. The van der Waals surface area contributed by atoms with Crippen molar-refractivity contribution >= 4 is 40.9 Å². The van der Waals surface area contributed by atoms with Crippen LogP contribution in [0.2, 0.25) is 0 Å². The molecule has 3 aromatic carbocycles. The maximum absolute atomic E-state index is 13.5. The van der Waals surface area contributed by atoms with E-state index in [1.165, 1.54) is 19.1 Å². The number of amides is 2. The monoisotopic (exact) mass is 603 g/mol. The average Bonchev–Trinajstić information content (AvgIpc) is 3.01. The van der Waals surface area contributed by atoms with Crippen molar-refractivity contribution in [2.75, 3.05) is 36.4 Å². The number of rotatable bonds is 10. The highest BCUT2D eigenvalue weighted by molar-refractivity contribution is 6.07. The molecule has 0 aliphatic carbocycles. The van der Waals surface area contributed by atoms with Gasteiger partial charge in [-0.25, -0.2) is 14.0 Å². The van der Waals surface area contributed by atoms with Crippen molar-refractivity contribution in [3.63, 3.8) is 0 Å². The number of ketones is 1. The molecule has 0 atom stereocenters. The first kappa shape index (κ1) is 33.3. The summed E-state index contributed by atoms with van der Waals surface area (Å²) in [7, 11) is 0. The summed E-state index contributed by atoms with van der Waals surface area (Å²) in [4.78, 5) is 60.9. The van der Waals surface area contributed by atoms with Gasteiger partial charge in [0.15, 0.2) is 5.78 Å². The second-order valence-corrected chi connectivity index (χ2v) is 10.1. The number of piperidine rings is 1. The van der Waals surface area contributed by atoms with Gasteiger partial charge in [-0.1, -0.05) is 24.3 Å². The van der Waals surface area contributed by atoms with Crippen LogP contribution in [-0.2, 0) is 14.4 Å². The molecule has 1 fully saturated rings. The predicted octanol–water partition coefficient (Wildman–Crippen LogP) is 4.74. The summed E-state index contributed by atoms with van der Waals surface area (Å²) in [6, 6.07) is 22.2. The summed E-state index contributed by atoms with van der Waals surface area (Å²) in [5.41, 5.74) is 2.42. The van der Waals surface area contributed by atoms with Crippen LogP contribution in [0.1, 0.15) is 40.5 Å². The summed E-state index contributed by atoms with van der Waals surface area (Å²) in [5, 5.41) is 18.4. The number of hydrogen-bond acceptors (Lipinski definition) is 6. The number of hydrogen-bond donors (Lipinski definition) is 3. The molecular weight excluding hydrogens is 569 g/mol. The number of carboxylic acid groups (broad SMARTS) is 2. The van der Waals surface area contributed by atoms with Crippen molar-refractivity contribution in [3.05, 3.63) is 108 Å². The lowest BCUT2D eigenvalue weighted by Gasteiger charge is -2.33. The molecule has 3 N–H and O–H groups in total. The van der Waals surface area contributed by atoms with Crippen molar-refractivity contribution in [2.45, 2.75) is 19.8 Å². The summed E-state index contributed by atoms with van der Waals surface area (Å²) >= 11 is 0. The van der Waals surface area contributed by atoms with Gasteiger partial charge in [0.2, 0.25) is 5.91 Å². The molecule has 4 rings (SSSR count). The van der Waals surface area contributed by atoms with Gasteiger partial charge in [-0.3, -0.25) is 14.4 Å². The largest absolute Gasteiger partial charge is 0.478 e. The maximum Gasteiger partial charge on any atom is 0.328 e. The molecule has 230 valence electrons. The number of anilines is 2. The lowest BCUT2D eigenvalue weighted by molar-refractivity contribution is -0.134. The number of carbonyl (C=O) groups is 5. The number of para-hydroxylation sites is 1. The van der Waals surface area contributed by atoms with E-state index in [0.717, 1.165) is 31.6 Å². The number of carbonyl (C=O) groups excluding carboxylic acids is 3. The number of aliphatic carboxylic acids is 2. The Labute approximate surface area is 254 Å². The molecule has 0 aromatic heterocycles. The lowest BCUT2D eigenvalue weighted by Crippen LogP contribution is -2.42. The zero-order valence-corrected chi connectivity index (χ0v) is 24.2. The van der Waals surface area contributed by atoms with Gasteiger partial charge in [0, 0.05) is 60.6 Å². The Kier molecular flexibility index (Phi) is 12.5. The first-order valence-corrected chi connectivity index (χ1v) is 13.9. The zero-order valence-electron chi connectivity index (χ0n) is 24.2. The van der Waals surface area contributed by atoms with Gasteiger partial charge in [-0.05, 0) is 80.5 Å². The molecule has 1 aliphatic heterocycles. The van der Waals surface area contributed by atoms with Crippen LogP contribution in [0.5, 0.6) is 0 Å². The number of nitrogens with one attached hydrogen (secondary N) is 1. The van der Waals surface area contributed by atoms with Crippen LogP contribution < -0.4 is 10.2 Å². The molecule has 0 unspecified atom stereocenters. The number of nitrogens with zero attached hydrogens (tertiary/aromatic N) is 2. The average molecular weight is 604 g/mol. The summed E-state index contributed by atoms with van der Waals surface area (Å²) < 4.78 is 13.2. The molecule has 3 aromatic rings. The molecule has 0 bridgehead atoms. The molecule has 2 amide bonds. The molecule has 11 heteroatoms. The fourth-order valence-corrected chi connectivity index (χ4v) is 4.70.